The van der Waals surface area contributed by atoms with Crippen LogP contribution in [0.15, 0.2) is 0 Å². The maximum Gasteiger partial charge on any atom is 0.200 e. The average Bonchev–Trinajstić information content (AvgIpc) is 1.79. The van der Waals surface area contributed by atoms with Gasteiger partial charge in [0.2, 0.25) is 0 Å². The zero-order valence-electron chi connectivity index (χ0n) is 9.06. The molecule has 1 heterocycles. The molecule has 0 radical (unpaired) electrons. The molecule has 0 bridgehead atoms. The summed E-state index contributed by atoms with van der Waals surface area (Å²) in [7, 11) is -2.81. The number of halogens is 1. The molecular formula is C8H20ClNOSi2. The summed E-state index contributed by atoms with van der Waals surface area (Å²) in [5.41, 5.74) is 0. The van der Waals surface area contributed by atoms with E-state index in [-0.39, 0.29) is 0 Å². The highest BCUT2D eigenvalue weighted by molar-refractivity contribution is 7.19. The van der Waals surface area contributed by atoms with E-state index < -0.39 is 15.7 Å². The van der Waals surface area contributed by atoms with Crippen molar-refractivity contribution >= 4 is 26.8 Å². The lowest BCUT2D eigenvalue weighted by atomic mass is 10.6. The molecule has 2 nitrogen and oxygen atoms in total. The molecule has 1 rings (SSSR count). The fourth-order valence-electron chi connectivity index (χ4n) is 1.78. The van der Waals surface area contributed by atoms with Crippen molar-refractivity contribution in [2.75, 3.05) is 25.5 Å². The molecule has 0 saturated carbocycles. The summed E-state index contributed by atoms with van der Waals surface area (Å²) < 4.78 is 5.78. The van der Waals surface area contributed by atoms with Crippen molar-refractivity contribution in [2.45, 2.75) is 26.2 Å². The molecule has 1 fully saturated rings. The molecule has 0 atom stereocenters. The Labute approximate surface area is 88.1 Å². The Kier molecular flexibility index (Phi) is 3.63. The summed E-state index contributed by atoms with van der Waals surface area (Å²) in [6, 6.07) is 0. The highest BCUT2D eigenvalue weighted by Gasteiger charge is 2.32. The zero-order chi connectivity index (χ0) is 10.1. The van der Waals surface area contributed by atoms with Crippen molar-refractivity contribution in [3.05, 3.63) is 0 Å². The molecule has 0 spiro atoms. The standard InChI is InChI=1S/C8H20ClNOSi2/c1-12(2,9)7-10-5-6-11-13(3,4)8-10/h5-8H2,1-4H3. The Balaban J connectivity index is 2.44. The van der Waals surface area contributed by atoms with Gasteiger partial charge < -0.3 is 9.33 Å². The summed E-state index contributed by atoms with van der Waals surface area (Å²) in [6.07, 6.45) is 2.25. The molecule has 0 aromatic rings. The Morgan fingerprint density at radius 3 is 2.54 bits per heavy atom. The third-order valence-electron chi connectivity index (χ3n) is 2.10. The summed E-state index contributed by atoms with van der Waals surface area (Å²) in [5, 5.41) is 0. The Morgan fingerprint density at radius 2 is 2.08 bits per heavy atom. The van der Waals surface area contributed by atoms with Gasteiger partial charge in [-0.25, -0.2) is 0 Å². The van der Waals surface area contributed by atoms with Crippen molar-refractivity contribution in [2.24, 2.45) is 0 Å². The lowest BCUT2D eigenvalue weighted by Gasteiger charge is -2.38. The highest BCUT2D eigenvalue weighted by Crippen LogP contribution is 2.16. The van der Waals surface area contributed by atoms with E-state index in [2.05, 4.69) is 31.1 Å². The van der Waals surface area contributed by atoms with E-state index in [4.69, 9.17) is 15.5 Å². The summed E-state index contributed by atoms with van der Waals surface area (Å²) in [5.74, 6) is 0. The van der Waals surface area contributed by atoms with Crippen LogP contribution in [0.25, 0.3) is 0 Å². The first-order chi connectivity index (χ1) is 5.79. The van der Waals surface area contributed by atoms with Gasteiger partial charge in [-0.15, -0.1) is 0 Å². The van der Waals surface area contributed by atoms with E-state index in [9.17, 15) is 0 Å². The molecule has 1 aliphatic heterocycles. The molecule has 78 valence electrons. The third kappa shape index (κ3) is 4.60. The molecule has 0 aromatic carbocycles. The van der Waals surface area contributed by atoms with Crippen LogP contribution in [0.1, 0.15) is 0 Å². The molecule has 13 heavy (non-hydrogen) atoms. The first-order valence-electron chi connectivity index (χ1n) is 4.84. The van der Waals surface area contributed by atoms with E-state index in [1.807, 2.05) is 0 Å². The fourth-order valence-corrected chi connectivity index (χ4v) is 5.93. The van der Waals surface area contributed by atoms with Gasteiger partial charge in [-0.3, -0.25) is 0 Å². The van der Waals surface area contributed by atoms with Gasteiger partial charge in [0, 0.05) is 25.5 Å². The normalized spacial score (nSPS) is 24.7. The summed E-state index contributed by atoms with van der Waals surface area (Å²) in [6.45, 7) is 10.9. The SMILES string of the molecule is C[Si](C)(Cl)CN1CCO[Si](C)(C)C1. The van der Waals surface area contributed by atoms with Crippen LogP contribution >= 0.6 is 11.1 Å². The number of hydrogen-bond acceptors (Lipinski definition) is 2. The summed E-state index contributed by atoms with van der Waals surface area (Å²) >= 11 is 6.33. The zero-order valence-corrected chi connectivity index (χ0v) is 11.8. The van der Waals surface area contributed by atoms with E-state index in [0.717, 1.165) is 25.5 Å². The first-order valence-corrected chi connectivity index (χ1v) is 12.2. The maximum absolute atomic E-state index is 6.33. The van der Waals surface area contributed by atoms with Crippen LogP contribution in [0.2, 0.25) is 26.2 Å². The predicted octanol–water partition coefficient (Wildman–Crippen LogP) is 2.05. The quantitative estimate of drug-likeness (QED) is 0.539. The lowest BCUT2D eigenvalue weighted by Crippen LogP contribution is -2.55. The van der Waals surface area contributed by atoms with Crippen molar-refractivity contribution in [1.82, 2.24) is 4.90 Å². The van der Waals surface area contributed by atoms with Crippen LogP contribution in [-0.4, -0.2) is 46.1 Å². The smallest absolute Gasteiger partial charge is 0.200 e. The van der Waals surface area contributed by atoms with Gasteiger partial charge >= 0.3 is 0 Å². The van der Waals surface area contributed by atoms with Crippen LogP contribution in [-0.2, 0) is 4.43 Å². The Bertz CT molecular complexity index is 179. The number of rotatable bonds is 2. The van der Waals surface area contributed by atoms with E-state index in [1.165, 1.54) is 0 Å². The molecule has 0 aliphatic carbocycles. The van der Waals surface area contributed by atoms with Crippen LogP contribution in [0.5, 0.6) is 0 Å². The van der Waals surface area contributed by atoms with Gasteiger partial charge in [0.05, 0.1) is 0 Å². The van der Waals surface area contributed by atoms with E-state index >= 15 is 0 Å². The lowest BCUT2D eigenvalue weighted by molar-refractivity contribution is 0.188. The van der Waals surface area contributed by atoms with E-state index in [0.29, 0.717) is 0 Å². The molecule has 0 aromatic heterocycles. The van der Waals surface area contributed by atoms with Gasteiger partial charge in [-0.2, -0.15) is 11.1 Å². The second-order valence-electron chi connectivity index (χ2n) is 5.04. The predicted molar refractivity (Wildman–Crippen MR) is 63.2 cm³/mol. The van der Waals surface area contributed by atoms with Crippen molar-refractivity contribution in [3.8, 4) is 0 Å². The minimum absolute atomic E-state index is 0.903. The van der Waals surface area contributed by atoms with Gasteiger partial charge in [0.1, 0.15) is 0 Å². The molecule has 1 aliphatic rings. The number of nitrogens with zero attached hydrogens (tertiary/aromatic N) is 1. The highest BCUT2D eigenvalue weighted by atomic mass is 35.6. The molecule has 5 heteroatoms. The third-order valence-corrected chi connectivity index (χ3v) is 5.86. The van der Waals surface area contributed by atoms with Gasteiger partial charge in [0.25, 0.3) is 0 Å². The second kappa shape index (κ2) is 4.02. The summed E-state index contributed by atoms with van der Waals surface area (Å²) in [4.78, 5) is 2.49. The van der Waals surface area contributed by atoms with Crippen molar-refractivity contribution < 1.29 is 4.43 Å². The monoisotopic (exact) mass is 237 g/mol. The van der Waals surface area contributed by atoms with Gasteiger partial charge in [-0.1, -0.05) is 13.1 Å². The molecule has 0 N–H and O–H groups in total. The van der Waals surface area contributed by atoms with Crippen LogP contribution < -0.4 is 0 Å². The second-order valence-corrected chi connectivity index (χ2v) is 16.0. The van der Waals surface area contributed by atoms with Crippen molar-refractivity contribution in [1.29, 1.82) is 0 Å². The number of hydrogen-bond donors (Lipinski definition) is 0. The van der Waals surface area contributed by atoms with Crippen LogP contribution in [0, 0.1) is 0 Å². The topological polar surface area (TPSA) is 12.5 Å². The van der Waals surface area contributed by atoms with Crippen molar-refractivity contribution in [3.63, 3.8) is 0 Å². The molecule has 1 saturated heterocycles. The minimum atomic E-state index is -1.44. The Hall–Kier alpha value is 0.644. The van der Waals surface area contributed by atoms with Crippen LogP contribution in [0.4, 0.5) is 0 Å². The molecule has 0 amide bonds. The molecular weight excluding hydrogens is 218 g/mol. The fraction of sp³-hybridized carbons (Fsp3) is 1.00. The largest absolute Gasteiger partial charge is 0.415 e. The van der Waals surface area contributed by atoms with Gasteiger partial charge in [-0.05, 0) is 13.1 Å². The molecule has 0 unspecified atom stereocenters. The van der Waals surface area contributed by atoms with E-state index in [1.54, 1.807) is 0 Å². The van der Waals surface area contributed by atoms with Gasteiger partial charge in [0.15, 0.2) is 15.7 Å². The minimum Gasteiger partial charge on any atom is -0.415 e. The maximum atomic E-state index is 6.33. The van der Waals surface area contributed by atoms with Crippen LogP contribution in [0.3, 0.4) is 0 Å². The first kappa shape index (κ1) is 11.7. The average molecular weight is 238 g/mol. The Morgan fingerprint density at radius 1 is 1.46 bits per heavy atom.